The lowest BCUT2D eigenvalue weighted by atomic mass is 10.1. The number of hydrogen-bond acceptors (Lipinski definition) is 2. The highest BCUT2D eigenvalue weighted by molar-refractivity contribution is 5.82. The third-order valence-electron chi connectivity index (χ3n) is 2.32. The Kier molecular flexibility index (Phi) is 1.31. The molecule has 3 nitrogen and oxygen atoms in total. The average molecular weight is 142 g/mol. The molecule has 0 aliphatic heterocycles. The van der Waals surface area contributed by atoms with Crippen LogP contribution < -0.4 is 0 Å². The highest BCUT2D eigenvalue weighted by Crippen LogP contribution is 2.56. The van der Waals surface area contributed by atoms with Gasteiger partial charge in [0.2, 0.25) is 0 Å². The Morgan fingerprint density at radius 2 is 2.10 bits per heavy atom. The maximum absolute atomic E-state index is 10.4. The molecule has 1 saturated carbocycles. The molecule has 1 N–H and O–H groups in total. The monoisotopic (exact) mass is 142 g/mol. The lowest BCUT2D eigenvalue weighted by Crippen LogP contribution is -2.03. The van der Waals surface area contributed by atoms with Crippen LogP contribution in [0.1, 0.15) is 13.8 Å². The predicted octanol–water partition coefficient (Wildman–Crippen LogP) is 0.542. The fourth-order valence-electron chi connectivity index (χ4n) is 1.40. The van der Waals surface area contributed by atoms with E-state index in [9.17, 15) is 9.59 Å². The van der Waals surface area contributed by atoms with E-state index in [0.717, 1.165) is 6.29 Å². The molecule has 1 aliphatic carbocycles. The van der Waals surface area contributed by atoms with Gasteiger partial charge in [0.25, 0.3) is 0 Å². The van der Waals surface area contributed by atoms with Gasteiger partial charge in [0, 0.05) is 5.92 Å². The molecule has 0 radical (unpaired) electrons. The maximum Gasteiger partial charge on any atom is 0.307 e. The molecule has 0 aromatic heterocycles. The molecule has 1 aliphatic rings. The van der Waals surface area contributed by atoms with Crippen LogP contribution in [0.3, 0.4) is 0 Å². The summed E-state index contributed by atoms with van der Waals surface area (Å²) in [6, 6.07) is 0. The van der Waals surface area contributed by atoms with Crippen LogP contribution in [-0.2, 0) is 9.59 Å². The van der Waals surface area contributed by atoms with Crippen LogP contribution in [-0.4, -0.2) is 17.4 Å². The van der Waals surface area contributed by atoms with Gasteiger partial charge in [0.05, 0.1) is 5.92 Å². The Hall–Kier alpha value is -0.860. The maximum atomic E-state index is 10.4. The zero-order chi connectivity index (χ0) is 7.94. The Bertz CT molecular complexity index is 183. The fraction of sp³-hybridized carbons (Fsp3) is 0.714. The molecule has 0 heterocycles. The van der Waals surface area contributed by atoms with Crippen LogP contribution in [0.15, 0.2) is 0 Å². The topological polar surface area (TPSA) is 54.4 Å². The van der Waals surface area contributed by atoms with Crippen molar-refractivity contribution < 1.29 is 14.7 Å². The quantitative estimate of drug-likeness (QED) is 0.572. The lowest BCUT2D eigenvalue weighted by Gasteiger charge is -1.94. The van der Waals surface area contributed by atoms with E-state index in [1.54, 1.807) is 13.8 Å². The summed E-state index contributed by atoms with van der Waals surface area (Å²) in [6.07, 6.45) is 0.735. The number of aliphatic carboxylic acids is 1. The first-order chi connectivity index (χ1) is 4.51. The number of carboxylic acid groups (broad SMARTS) is 1. The van der Waals surface area contributed by atoms with E-state index >= 15 is 0 Å². The van der Waals surface area contributed by atoms with Crippen molar-refractivity contribution in [3.05, 3.63) is 0 Å². The predicted molar refractivity (Wildman–Crippen MR) is 34.5 cm³/mol. The first-order valence-corrected chi connectivity index (χ1v) is 3.20. The number of carboxylic acids is 1. The van der Waals surface area contributed by atoms with E-state index in [4.69, 9.17) is 5.11 Å². The molecule has 0 aromatic carbocycles. The Balaban J connectivity index is 2.70. The van der Waals surface area contributed by atoms with Crippen molar-refractivity contribution >= 4 is 12.3 Å². The van der Waals surface area contributed by atoms with Gasteiger partial charge in [0.15, 0.2) is 0 Å². The van der Waals surface area contributed by atoms with Crippen molar-refractivity contribution in [2.45, 2.75) is 13.8 Å². The minimum Gasteiger partial charge on any atom is -0.481 e. The van der Waals surface area contributed by atoms with Crippen LogP contribution in [0.4, 0.5) is 0 Å². The molecule has 1 rings (SSSR count). The highest BCUT2D eigenvalue weighted by atomic mass is 16.4. The van der Waals surface area contributed by atoms with E-state index in [1.807, 2.05) is 0 Å². The minimum atomic E-state index is -0.859. The second kappa shape index (κ2) is 1.81. The molecule has 0 amide bonds. The van der Waals surface area contributed by atoms with Gasteiger partial charge in [-0.2, -0.15) is 0 Å². The Morgan fingerprint density at radius 3 is 2.20 bits per heavy atom. The van der Waals surface area contributed by atoms with E-state index < -0.39 is 11.9 Å². The Labute approximate surface area is 59.0 Å². The summed E-state index contributed by atoms with van der Waals surface area (Å²) in [7, 11) is 0. The normalized spacial score (nSPS) is 35.0. The van der Waals surface area contributed by atoms with Gasteiger partial charge in [0.1, 0.15) is 6.29 Å². The standard InChI is InChI=1S/C7H10O3/c1-7(2)4(3-8)5(7)6(9)10/h3-5H,1-2H3,(H,9,10). The third-order valence-corrected chi connectivity index (χ3v) is 2.32. The zero-order valence-electron chi connectivity index (χ0n) is 6.00. The van der Waals surface area contributed by atoms with Crippen LogP contribution in [0, 0.1) is 17.3 Å². The van der Waals surface area contributed by atoms with Crippen molar-refractivity contribution in [1.29, 1.82) is 0 Å². The van der Waals surface area contributed by atoms with Gasteiger partial charge in [-0.1, -0.05) is 13.8 Å². The van der Waals surface area contributed by atoms with Crippen LogP contribution >= 0.6 is 0 Å². The summed E-state index contributed by atoms with van der Waals surface area (Å²) in [5, 5.41) is 8.53. The van der Waals surface area contributed by atoms with Gasteiger partial charge in [-0.3, -0.25) is 4.79 Å². The summed E-state index contributed by atoms with van der Waals surface area (Å²) in [4.78, 5) is 20.6. The smallest absolute Gasteiger partial charge is 0.307 e. The van der Waals surface area contributed by atoms with Crippen LogP contribution in [0.5, 0.6) is 0 Å². The molecule has 10 heavy (non-hydrogen) atoms. The van der Waals surface area contributed by atoms with Crippen LogP contribution in [0.25, 0.3) is 0 Å². The highest BCUT2D eigenvalue weighted by Gasteiger charge is 2.62. The lowest BCUT2D eigenvalue weighted by molar-refractivity contribution is -0.139. The van der Waals surface area contributed by atoms with Gasteiger partial charge < -0.3 is 9.90 Å². The van der Waals surface area contributed by atoms with E-state index in [0.29, 0.717) is 0 Å². The summed E-state index contributed by atoms with van der Waals surface area (Å²) in [6.45, 7) is 3.59. The van der Waals surface area contributed by atoms with Crippen molar-refractivity contribution in [3.8, 4) is 0 Å². The second-order valence-electron chi connectivity index (χ2n) is 3.30. The van der Waals surface area contributed by atoms with Gasteiger partial charge in [-0.25, -0.2) is 0 Å². The molecule has 0 bridgehead atoms. The molecule has 0 spiro atoms. The fourth-order valence-corrected chi connectivity index (χ4v) is 1.40. The molecular weight excluding hydrogens is 132 g/mol. The van der Waals surface area contributed by atoms with E-state index in [-0.39, 0.29) is 11.3 Å². The molecule has 0 aromatic rings. The Morgan fingerprint density at radius 1 is 1.60 bits per heavy atom. The molecule has 2 unspecified atom stereocenters. The minimum absolute atomic E-state index is 0.273. The van der Waals surface area contributed by atoms with E-state index in [1.165, 1.54) is 0 Å². The number of carbonyl (C=O) groups is 2. The SMILES string of the molecule is CC1(C)C(C=O)C1C(=O)O. The molecular formula is C7H10O3. The van der Waals surface area contributed by atoms with Gasteiger partial charge in [-0.05, 0) is 5.41 Å². The van der Waals surface area contributed by atoms with Crippen LogP contribution in [0.2, 0.25) is 0 Å². The molecule has 0 saturated heterocycles. The summed E-state index contributed by atoms with van der Waals surface area (Å²) in [5.41, 5.74) is -0.312. The molecule has 1 fully saturated rings. The summed E-state index contributed by atoms with van der Waals surface area (Å²) >= 11 is 0. The van der Waals surface area contributed by atoms with Crippen molar-refractivity contribution in [2.24, 2.45) is 17.3 Å². The summed E-state index contributed by atoms with van der Waals surface area (Å²) < 4.78 is 0. The number of rotatable bonds is 2. The largest absolute Gasteiger partial charge is 0.481 e. The number of aldehydes is 1. The van der Waals surface area contributed by atoms with Crippen molar-refractivity contribution in [1.82, 2.24) is 0 Å². The van der Waals surface area contributed by atoms with Gasteiger partial charge >= 0.3 is 5.97 Å². The first kappa shape index (κ1) is 7.25. The average Bonchev–Trinajstić information content (AvgIpc) is 2.33. The molecule has 3 heteroatoms. The summed E-state index contributed by atoms with van der Waals surface area (Å²) in [5.74, 6) is -1.59. The van der Waals surface area contributed by atoms with Crippen molar-refractivity contribution in [3.63, 3.8) is 0 Å². The number of hydrogen-bond donors (Lipinski definition) is 1. The zero-order valence-corrected chi connectivity index (χ0v) is 6.00. The molecule has 56 valence electrons. The third kappa shape index (κ3) is 0.735. The van der Waals surface area contributed by atoms with Crippen molar-refractivity contribution in [2.75, 3.05) is 0 Å². The second-order valence-corrected chi connectivity index (χ2v) is 3.30. The van der Waals surface area contributed by atoms with E-state index in [2.05, 4.69) is 0 Å². The first-order valence-electron chi connectivity index (χ1n) is 3.20. The molecule has 2 atom stereocenters. The number of carbonyl (C=O) groups excluding carboxylic acids is 1. The van der Waals surface area contributed by atoms with Gasteiger partial charge in [-0.15, -0.1) is 0 Å².